The average Bonchev–Trinajstić information content (AvgIpc) is 3.04. The molecule has 0 bridgehead atoms. The van der Waals surface area contributed by atoms with E-state index in [0.29, 0.717) is 13.1 Å². The first kappa shape index (κ1) is 18.4. The Bertz CT molecular complexity index is 829. The van der Waals surface area contributed by atoms with Gasteiger partial charge < -0.3 is 15.1 Å². The quantitative estimate of drug-likeness (QED) is 0.721. The number of thiazole rings is 1. The van der Waals surface area contributed by atoms with E-state index in [1.807, 2.05) is 50.5 Å². The molecule has 26 heavy (non-hydrogen) atoms. The van der Waals surface area contributed by atoms with Gasteiger partial charge in [0.15, 0.2) is 0 Å². The molecule has 2 amide bonds. The zero-order valence-electron chi connectivity index (χ0n) is 15.3. The van der Waals surface area contributed by atoms with Crippen molar-refractivity contribution in [2.45, 2.75) is 12.6 Å². The van der Waals surface area contributed by atoms with E-state index in [1.165, 1.54) is 5.56 Å². The highest BCUT2D eigenvalue weighted by atomic mass is 32.1. The monoisotopic (exact) mass is 368 g/mol. The van der Waals surface area contributed by atoms with E-state index in [1.54, 1.807) is 23.3 Å². The highest BCUT2D eigenvalue weighted by molar-refractivity contribution is 7.18. The Kier molecular flexibility index (Phi) is 5.85. The van der Waals surface area contributed by atoms with Crippen LogP contribution in [0.3, 0.4) is 0 Å². The summed E-state index contributed by atoms with van der Waals surface area (Å²) in [5, 5.41) is 3.98. The van der Waals surface area contributed by atoms with Crippen molar-refractivity contribution in [3.63, 3.8) is 0 Å². The largest absolute Gasteiger partial charge is 0.336 e. The molecule has 1 aromatic heterocycles. The number of urea groups is 1. The molecule has 1 atom stereocenters. The summed E-state index contributed by atoms with van der Waals surface area (Å²) in [5.41, 5.74) is 2.17. The molecule has 3 aromatic rings. The topological polar surface area (TPSA) is 48.5 Å². The van der Waals surface area contributed by atoms with Crippen molar-refractivity contribution >= 4 is 27.6 Å². The number of fused-ring (bicyclic) bond motifs is 1. The lowest BCUT2D eigenvalue weighted by Crippen LogP contribution is -2.41. The number of likely N-dealkylation sites (N-methyl/N-ethyl adjacent to an activating group) is 1. The van der Waals surface area contributed by atoms with Crippen LogP contribution in [0.2, 0.25) is 0 Å². The summed E-state index contributed by atoms with van der Waals surface area (Å²) in [6.45, 7) is 1.06. The number of hydrogen-bond donors (Lipinski definition) is 1. The molecule has 2 aromatic carbocycles. The number of benzene rings is 2. The van der Waals surface area contributed by atoms with Gasteiger partial charge in [-0.3, -0.25) is 0 Å². The summed E-state index contributed by atoms with van der Waals surface area (Å²) >= 11 is 1.63. The number of aromatic nitrogens is 1. The first-order chi connectivity index (χ1) is 12.5. The smallest absolute Gasteiger partial charge is 0.317 e. The summed E-state index contributed by atoms with van der Waals surface area (Å²) in [4.78, 5) is 20.9. The van der Waals surface area contributed by atoms with Crippen LogP contribution >= 0.6 is 11.3 Å². The molecule has 136 valence electrons. The van der Waals surface area contributed by atoms with Crippen LogP contribution in [0.25, 0.3) is 10.2 Å². The fraction of sp³-hybridized carbons (Fsp3) is 0.300. The zero-order chi connectivity index (χ0) is 18.5. The van der Waals surface area contributed by atoms with Gasteiger partial charge in [0, 0.05) is 13.6 Å². The van der Waals surface area contributed by atoms with Gasteiger partial charge >= 0.3 is 6.03 Å². The van der Waals surface area contributed by atoms with Gasteiger partial charge in [0.2, 0.25) is 0 Å². The van der Waals surface area contributed by atoms with Gasteiger partial charge in [0.1, 0.15) is 5.01 Å². The Labute approximate surface area is 158 Å². The Hall–Kier alpha value is -2.44. The van der Waals surface area contributed by atoms with E-state index in [0.717, 1.165) is 15.2 Å². The Morgan fingerprint density at radius 2 is 1.77 bits per heavy atom. The van der Waals surface area contributed by atoms with Crippen molar-refractivity contribution < 1.29 is 4.79 Å². The molecule has 1 N–H and O–H groups in total. The van der Waals surface area contributed by atoms with Crippen LogP contribution in [0.5, 0.6) is 0 Å². The fourth-order valence-corrected chi connectivity index (χ4v) is 3.88. The Morgan fingerprint density at radius 3 is 2.46 bits per heavy atom. The van der Waals surface area contributed by atoms with Gasteiger partial charge in [-0.1, -0.05) is 42.5 Å². The van der Waals surface area contributed by atoms with Crippen LogP contribution in [-0.2, 0) is 6.54 Å². The lowest BCUT2D eigenvalue weighted by molar-refractivity contribution is 0.200. The van der Waals surface area contributed by atoms with Gasteiger partial charge in [0.25, 0.3) is 0 Å². The second-order valence-corrected chi connectivity index (χ2v) is 7.62. The number of hydrogen-bond acceptors (Lipinski definition) is 4. The minimum absolute atomic E-state index is 0.0907. The molecular weight excluding hydrogens is 344 g/mol. The molecule has 1 unspecified atom stereocenters. The van der Waals surface area contributed by atoms with Crippen LogP contribution in [-0.4, -0.2) is 48.5 Å². The van der Waals surface area contributed by atoms with Gasteiger partial charge in [-0.05, 0) is 31.8 Å². The molecule has 0 fully saturated rings. The molecule has 0 saturated heterocycles. The molecule has 0 aliphatic heterocycles. The lowest BCUT2D eigenvalue weighted by atomic mass is 10.1. The van der Waals surface area contributed by atoms with Crippen LogP contribution < -0.4 is 5.32 Å². The summed E-state index contributed by atoms with van der Waals surface area (Å²) in [6.07, 6.45) is 0. The summed E-state index contributed by atoms with van der Waals surface area (Å²) in [6, 6.07) is 18.3. The number of amides is 2. The summed E-state index contributed by atoms with van der Waals surface area (Å²) in [5.74, 6) is 0. The molecule has 3 rings (SSSR count). The molecular formula is C20H24N4OS. The number of nitrogens with zero attached hydrogens (tertiary/aromatic N) is 3. The van der Waals surface area contributed by atoms with Crippen molar-refractivity contribution in [1.82, 2.24) is 20.1 Å². The van der Waals surface area contributed by atoms with Crippen molar-refractivity contribution in [2.75, 3.05) is 27.7 Å². The van der Waals surface area contributed by atoms with Crippen molar-refractivity contribution in [2.24, 2.45) is 0 Å². The van der Waals surface area contributed by atoms with Crippen LogP contribution in [0.15, 0.2) is 54.6 Å². The second-order valence-electron chi connectivity index (χ2n) is 6.51. The average molecular weight is 369 g/mol. The van der Waals surface area contributed by atoms with E-state index in [4.69, 9.17) is 0 Å². The standard InChI is InChI=1S/C20H24N4OS/c1-23(2)17(15-9-5-4-6-10-15)13-21-20(25)24(3)14-19-22-16-11-7-8-12-18(16)26-19/h4-12,17H,13-14H2,1-3H3,(H,21,25). The maximum Gasteiger partial charge on any atom is 0.317 e. The number of para-hydroxylation sites is 1. The lowest BCUT2D eigenvalue weighted by Gasteiger charge is -2.26. The van der Waals surface area contributed by atoms with E-state index in [-0.39, 0.29) is 12.1 Å². The number of carbonyl (C=O) groups is 1. The molecule has 0 spiro atoms. The van der Waals surface area contributed by atoms with Gasteiger partial charge in [0.05, 0.1) is 22.8 Å². The third-order valence-electron chi connectivity index (χ3n) is 4.31. The van der Waals surface area contributed by atoms with E-state index in [2.05, 4.69) is 33.4 Å². The van der Waals surface area contributed by atoms with Crippen LogP contribution in [0.4, 0.5) is 4.79 Å². The summed E-state index contributed by atoms with van der Waals surface area (Å²) in [7, 11) is 5.85. The molecule has 1 heterocycles. The molecule has 0 aliphatic carbocycles. The number of carbonyl (C=O) groups excluding carboxylic acids is 1. The van der Waals surface area contributed by atoms with Crippen LogP contribution in [0.1, 0.15) is 16.6 Å². The zero-order valence-corrected chi connectivity index (χ0v) is 16.2. The second kappa shape index (κ2) is 8.29. The first-order valence-electron chi connectivity index (χ1n) is 8.59. The third-order valence-corrected chi connectivity index (χ3v) is 5.33. The van der Waals surface area contributed by atoms with E-state index >= 15 is 0 Å². The molecule has 0 radical (unpaired) electrons. The summed E-state index contributed by atoms with van der Waals surface area (Å²) < 4.78 is 1.15. The molecule has 5 nitrogen and oxygen atoms in total. The fourth-order valence-electron chi connectivity index (χ4n) is 2.85. The normalized spacial score (nSPS) is 12.3. The van der Waals surface area contributed by atoms with Gasteiger partial charge in [-0.15, -0.1) is 11.3 Å². The van der Waals surface area contributed by atoms with E-state index < -0.39 is 0 Å². The SMILES string of the molecule is CN(Cc1nc2ccccc2s1)C(=O)NCC(c1ccccc1)N(C)C. The van der Waals surface area contributed by atoms with E-state index in [9.17, 15) is 4.79 Å². The maximum absolute atomic E-state index is 12.5. The van der Waals surface area contributed by atoms with Crippen LogP contribution in [0, 0.1) is 0 Å². The third kappa shape index (κ3) is 4.39. The predicted molar refractivity (Wildman–Crippen MR) is 107 cm³/mol. The Balaban J connectivity index is 1.59. The minimum atomic E-state index is -0.0907. The Morgan fingerprint density at radius 1 is 1.08 bits per heavy atom. The minimum Gasteiger partial charge on any atom is -0.336 e. The number of rotatable bonds is 6. The molecule has 0 aliphatic rings. The van der Waals surface area contributed by atoms with Crippen molar-refractivity contribution in [3.05, 3.63) is 65.2 Å². The number of nitrogens with one attached hydrogen (secondary N) is 1. The van der Waals surface area contributed by atoms with Crippen molar-refractivity contribution in [3.8, 4) is 0 Å². The van der Waals surface area contributed by atoms with Crippen molar-refractivity contribution in [1.29, 1.82) is 0 Å². The highest BCUT2D eigenvalue weighted by Gasteiger charge is 2.17. The first-order valence-corrected chi connectivity index (χ1v) is 9.41. The van der Waals surface area contributed by atoms with Gasteiger partial charge in [-0.25, -0.2) is 9.78 Å². The maximum atomic E-state index is 12.5. The van der Waals surface area contributed by atoms with Gasteiger partial charge in [-0.2, -0.15) is 0 Å². The molecule has 0 saturated carbocycles. The highest BCUT2D eigenvalue weighted by Crippen LogP contribution is 2.22. The predicted octanol–water partition coefficient (Wildman–Crippen LogP) is 3.74. The molecule has 6 heteroatoms.